The monoisotopic (exact) mass is 323 g/mol. The van der Waals surface area contributed by atoms with Crippen LogP contribution in [-0.2, 0) is 0 Å². The molecule has 0 bridgehead atoms. The first-order valence-corrected chi connectivity index (χ1v) is 9.27. The van der Waals surface area contributed by atoms with Crippen molar-refractivity contribution >= 4 is 5.91 Å². The summed E-state index contributed by atoms with van der Waals surface area (Å²) in [6.07, 6.45) is 10.2. The average Bonchev–Trinajstić information content (AvgIpc) is 3.33. The molecule has 2 aliphatic rings. The molecule has 0 unspecified atom stereocenters. The van der Waals surface area contributed by atoms with E-state index >= 15 is 0 Å². The van der Waals surface area contributed by atoms with E-state index in [9.17, 15) is 4.79 Å². The second-order valence-electron chi connectivity index (χ2n) is 7.03. The fourth-order valence-corrected chi connectivity index (χ4v) is 3.67. The first kappa shape index (κ1) is 15.4. The summed E-state index contributed by atoms with van der Waals surface area (Å²) in [5, 5.41) is 4.57. The van der Waals surface area contributed by atoms with Gasteiger partial charge in [-0.25, -0.2) is 4.68 Å². The third kappa shape index (κ3) is 3.10. The van der Waals surface area contributed by atoms with Crippen LogP contribution < -0.4 is 0 Å². The number of amides is 1. The predicted octanol–water partition coefficient (Wildman–Crippen LogP) is 4.16. The topological polar surface area (TPSA) is 38.1 Å². The number of para-hydroxylation sites is 1. The molecule has 126 valence electrons. The Morgan fingerprint density at radius 2 is 1.62 bits per heavy atom. The van der Waals surface area contributed by atoms with Crippen molar-refractivity contribution in [3.63, 3.8) is 0 Å². The number of likely N-dealkylation sites (tertiary alicyclic amines) is 1. The molecular formula is C20H25N3O. The molecule has 24 heavy (non-hydrogen) atoms. The molecule has 0 radical (unpaired) electrons. The molecule has 1 aliphatic heterocycles. The van der Waals surface area contributed by atoms with Gasteiger partial charge in [0.1, 0.15) is 0 Å². The molecule has 2 heterocycles. The van der Waals surface area contributed by atoms with Crippen LogP contribution in [0.25, 0.3) is 5.69 Å². The molecule has 0 N–H and O–H groups in total. The summed E-state index contributed by atoms with van der Waals surface area (Å²) in [7, 11) is 0. The number of carbonyl (C=O) groups excluding carboxylic acids is 1. The van der Waals surface area contributed by atoms with Gasteiger partial charge in [-0.05, 0) is 37.8 Å². The zero-order valence-corrected chi connectivity index (χ0v) is 14.2. The molecule has 1 aliphatic carbocycles. The lowest BCUT2D eigenvalue weighted by Gasteiger charge is -2.25. The predicted molar refractivity (Wildman–Crippen MR) is 94.5 cm³/mol. The molecule has 0 atom stereocenters. The van der Waals surface area contributed by atoms with Crippen LogP contribution in [0.3, 0.4) is 0 Å². The van der Waals surface area contributed by atoms with Crippen molar-refractivity contribution in [2.24, 2.45) is 0 Å². The second-order valence-corrected chi connectivity index (χ2v) is 7.03. The van der Waals surface area contributed by atoms with Crippen molar-refractivity contribution in [3.8, 4) is 5.69 Å². The van der Waals surface area contributed by atoms with E-state index in [4.69, 9.17) is 0 Å². The van der Waals surface area contributed by atoms with Crippen LogP contribution in [0.4, 0.5) is 0 Å². The molecule has 1 aromatic heterocycles. The van der Waals surface area contributed by atoms with Gasteiger partial charge >= 0.3 is 0 Å². The minimum absolute atomic E-state index is 0.181. The first-order chi connectivity index (χ1) is 11.8. The van der Waals surface area contributed by atoms with Crippen LogP contribution in [0, 0.1) is 0 Å². The molecule has 2 aromatic rings. The van der Waals surface area contributed by atoms with Crippen LogP contribution in [0.5, 0.6) is 0 Å². The number of aromatic nitrogens is 2. The van der Waals surface area contributed by atoms with E-state index in [-0.39, 0.29) is 5.91 Å². The fraction of sp³-hybridized carbons (Fsp3) is 0.500. The van der Waals surface area contributed by atoms with E-state index < -0.39 is 0 Å². The lowest BCUT2D eigenvalue weighted by Crippen LogP contribution is -2.34. The van der Waals surface area contributed by atoms with E-state index in [1.807, 2.05) is 22.9 Å². The molecule has 4 nitrogen and oxygen atoms in total. The van der Waals surface area contributed by atoms with Gasteiger partial charge in [0.05, 0.1) is 23.1 Å². The summed E-state index contributed by atoms with van der Waals surface area (Å²) in [6, 6.07) is 10.2. The van der Waals surface area contributed by atoms with E-state index in [1.54, 1.807) is 6.20 Å². The van der Waals surface area contributed by atoms with E-state index in [2.05, 4.69) is 22.1 Å². The Bertz CT molecular complexity index is 695. The first-order valence-electron chi connectivity index (χ1n) is 9.27. The summed E-state index contributed by atoms with van der Waals surface area (Å²) < 4.78 is 1.98. The molecule has 1 aromatic carbocycles. The highest BCUT2D eigenvalue weighted by Crippen LogP contribution is 2.42. The van der Waals surface area contributed by atoms with Gasteiger partial charge in [-0.15, -0.1) is 0 Å². The van der Waals surface area contributed by atoms with Gasteiger partial charge in [-0.3, -0.25) is 4.79 Å². The van der Waals surface area contributed by atoms with Crippen molar-refractivity contribution in [2.75, 3.05) is 13.1 Å². The fourth-order valence-electron chi connectivity index (χ4n) is 3.67. The standard InChI is InChI=1S/C20H25N3O/c24-20(22-13-7-2-1-3-8-14-22)18-15-21-23(19(18)16-11-12-16)17-9-5-4-6-10-17/h4-6,9-10,15-16H,1-3,7-8,11-14H2. The average molecular weight is 323 g/mol. The van der Waals surface area contributed by atoms with Gasteiger partial charge in [0, 0.05) is 19.0 Å². The lowest BCUT2D eigenvalue weighted by atomic mass is 10.1. The van der Waals surface area contributed by atoms with Gasteiger partial charge < -0.3 is 4.90 Å². The van der Waals surface area contributed by atoms with Crippen molar-refractivity contribution in [1.29, 1.82) is 0 Å². The molecule has 0 spiro atoms. The van der Waals surface area contributed by atoms with E-state index in [1.165, 1.54) is 32.1 Å². The van der Waals surface area contributed by atoms with Crippen molar-refractivity contribution in [1.82, 2.24) is 14.7 Å². The Morgan fingerprint density at radius 3 is 2.29 bits per heavy atom. The van der Waals surface area contributed by atoms with Gasteiger partial charge in [-0.2, -0.15) is 5.10 Å². The van der Waals surface area contributed by atoms with E-state index in [0.29, 0.717) is 5.92 Å². The zero-order valence-electron chi connectivity index (χ0n) is 14.2. The van der Waals surface area contributed by atoms with Crippen LogP contribution in [0.2, 0.25) is 0 Å². The molecule has 1 saturated heterocycles. The number of hydrogen-bond acceptors (Lipinski definition) is 2. The smallest absolute Gasteiger partial charge is 0.257 e. The molecule has 1 amide bonds. The highest BCUT2D eigenvalue weighted by molar-refractivity contribution is 5.95. The molecule has 4 heteroatoms. The van der Waals surface area contributed by atoms with Gasteiger partial charge in [0.2, 0.25) is 0 Å². The Balaban J connectivity index is 1.65. The Kier molecular flexibility index (Phi) is 4.37. The van der Waals surface area contributed by atoms with E-state index in [0.717, 1.165) is 42.9 Å². The number of benzene rings is 1. The summed E-state index contributed by atoms with van der Waals surface area (Å²) in [5.74, 6) is 0.669. The maximum absolute atomic E-state index is 13.1. The summed E-state index contributed by atoms with van der Waals surface area (Å²) >= 11 is 0. The minimum atomic E-state index is 0.181. The third-order valence-electron chi connectivity index (χ3n) is 5.14. The third-order valence-corrected chi connectivity index (χ3v) is 5.14. The number of nitrogens with zero attached hydrogens (tertiary/aromatic N) is 3. The lowest BCUT2D eigenvalue weighted by molar-refractivity contribution is 0.0741. The molecule has 1 saturated carbocycles. The van der Waals surface area contributed by atoms with Crippen LogP contribution in [0.15, 0.2) is 36.5 Å². The van der Waals surface area contributed by atoms with Crippen LogP contribution >= 0.6 is 0 Å². The number of carbonyl (C=O) groups is 1. The molecule has 4 rings (SSSR count). The minimum Gasteiger partial charge on any atom is -0.339 e. The summed E-state index contributed by atoms with van der Waals surface area (Å²) in [5.41, 5.74) is 2.99. The Hall–Kier alpha value is -2.10. The maximum Gasteiger partial charge on any atom is 0.257 e. The quantitative estimate of drug-likeness (QED) is 0.851. The highest BCUT2D eigenvalue weighted by Gasteiger charge is 2.34. The molecule has 2 fully saturated rings. The van der Waals surface area contributed by atoms with Crippen molar-refractivity contribution in [3.05, 3.63) is 47.8 Å². The van der Waals surface area contributed by atoms with Crippen LogP contribution in [-0.4, -0.2) is 33.7 Å². The van der Waals surface area contributed by atoms with Crippen molar-refractivity contribution in [2.45, 2.75) is 50.9 Å². The van der Waals surface area contributed by atoms with Gasteiger partial charge in [-0.1, -0.05) is 37.5 Å². The Morgan fingerprint density at radius 1 is 0.958 bits per heavy atom. The number of rotatable bonds is 3. The zero-order chi connectivity index (χ0) is 16.4. The molecular weight excluding hydrogens is 298 g/mol. The second kappa shape index (κ2) is 6.80. The summed E-state index contributed by atoms with van der Waals surface area (Å²) in [4.78, 5) is 15.2. The van der Waals surface area contributed by atoms with Gasteiger partial charge in [0.25, 0.3) is 5.91 Å². The SMILES string of the molecule is O=C(c1cnn(-c2ccccc2)c1C1CC1)N1CCCCCCC1. The normalized spacial score (nSPS) is 18.9. The maximum atomic E-state index is 13.1. The summed E-state index contributed by atoms with van der Waals surface area (Å²) in [6.45, 7) is 1.78. The number of hydrogen-bond donors (Lipinski definition) is 0. The highest BCUT2D eigenvalue weighted by atomic mass is 16.2. The van der Waals surface area contributed by atoms with Crippen LogP contribution in [0.1, 0.15) is 66.9 Å². The van der Waals surface area contributed by atoms with Gasteiger partial charge in [0.15, 0.2) is 0 Å². The largest absolute Gasteiger partial charge is 0.339 e. The van der Waals surface area contributed by atoms with Crippen molar-refractivity contribution < 1.29 is 4.79 Å². The Labute approximate surface area is 143 Å².